The Balaban J connectivity index is 1.19. The van der Waals surface area contributed by atoms with Gasteiger partial charge in [0.2, 0.25) is 0 Å². The maximum absolute atomic E-state index is 2.46. The second-order valence-corrected chi connectivity index (χ2v) is 15.3. The van der Waals surface area contributed by atoms with Crippen molar-refractivity contribution in [3.63, 3.8) is 0 Å². The molecule has 0 N–H and O–H groups in total. The monoisotopic (exact) mass is 672 g/mol. The Morgan fingerprint density at radius 2 is 0.755 bits per heavy atom. The Labute approximate surface area is 309 Å². The number of rotatable bonds is 3. The summed E-state index contributed by atoms with van der Waals surface area (Å²) < 4.78 is 0. The Kier molecular flexibility index (Phi) is 6.40. The molecule has 0 radical (unpaired) electrons. The van der Waals surface area contributed by atoms with Crippen LogP contribution in [0.1, 0.15) is 25.0 Å². The second kappa shape index (κ2) is 11.2. The van der Waals surface area contributed by atoms with Crippen molar-refractivity contribution in [1.29, 1.82) is 0 Å². The van der Waals surface area contributed by atoms with Crippen molar-refractivity contribution in [2.45, 2.75) is 19.3 Å². The molecule has 0 fully saturated rings. The standard InChI is InChI=1S/C53H36/c1-53(2)51-18-10-9-17-44(51)50-30-38(24-26-52(50)53)37-23-25-43-47(29-37)46(40-22-20-34-12-4-6-14-36(34)28-40)32-48-42-16-8-7-15-41(42)45(31-49(43)48)39-21-19-33-11-3-5-13-35(33)27-39/h3-32H,1-2H3. The highest BCUT2D eigenvalue weighted by Crippen LogP contribution is 2.50. The average molecular weight is 673 g/mol. The van der Waals surface area contributed by atoms with Gasteiger partial charge in [0.15, 0.2) is 0 Å². The van der Waals surface area contributed by atoms with Crippen LogP contribution in [0.25, 0.3) is 98.4 Å². The van der Waals surface area contributed by atoms with Crippen LogP contribution in [-0.4, -0.2) is 0 Å². The van der Waals surface area contributed by atoms with Crippen molar-refractivity contribution in [2.75, 3.05) is 0 Å². The smallest absolute Gasteiger partial charge is 0.0158 e. The van der Waals surface area contributed by atoms with Gasteiger partial charge >= 0.3 is 0 Å². The summed E-state index contributed by atoms with van der Waals surface area (Å²) in [6.45, 7) is 4.70. The van der Waals surface area contributed by atoms with Crippen LogP contribution in [0.2, 0.25) is 0 Å². The predicted molar refractivity (Wildman–Crippen MR) is 228 cm³/mol. The number of hydrogen-bond acceptors (Lipinski definition) is 0. The minimum Gasteiger partial charge on any atom is -0.0619 e. The number of fused-ring (bicyclic) bond motifs is 10. The fourth-order valence-corrected chi connectivity index (χ4v) is 9.27. The van der Waals surface area contributed by atoms with Gasteiger partial charge in [0, 0.05) is 5.41 Å². The van der Waals surface area contributed by atoms with E-state index < -0.39 is 0 Å². The van der Waals surface area contributed by atoms with Crippen molar-refractivity contribution in [2.24, 2.45) is 0 Å². The van der Waals surface area contributed by atoms with Crippen molar-refractivity contribution in [3.8, 4) is 44.5 Å². The quantitative estimate of drug-likeness (QED) is 0.164. The molecule has 0 aliphatic heterocycles. The summed E-state index contributed by atoms with van der Waals surface area (Å²) in [5, 5.41) is 12.7. The van der Waals surface area contributed by atoms with Gasteiger partial charge in [-0.05, 0) is 146 Å². The Morgan fingerprint density at radius 3 is 1.45 bits per heavy atom. The first-order chi connectivity index (χ1) is 26.0. The molecule has 0 aromatic heterocycles. The van der Waals surface area contributed by atoms with Crippen LogP contribution in [0.3, 0.4) is 0 Å². The molecule has 0 saturated heterocycles. The molecule has 0 atom stereocenters. The van der Waals surface area contributed by atoms with Gasteiger partial charge in [0.05, 0.1) is 0 Å². The van der Waals surface area contributed by atoms with Crippen LogP contribution in [0, 0.1) is 0 Å². The van der Waals surface area contributed by atoms with Crippen molar-refractivity contribution < 1.29 is 0 Å². The Morgan fingerprint density at radius 1 is 0.264 bits per heavy atom. The van der Waals surface area contributed by atoms with Crippen molar-refractivity contribution in [3.05, 3.63) is 193 Å². The Bertz CT molecular complexity index is 3140. The lowest BCUT2D eigenvalue weighted by Gasteiger charge is -2.21. The normalized spacial score (nSPS) is 13.2. The van der Waals surface area contributed by atoms with Gasteiger partial charge in [-0.3, -0.25) is 0 Å². The van der Waals surface area contributed by atoms with Gasteiger partial charge in [-0.15, -0.1) is 0 Å². The van der Waals surface area contributed by atoms with Crippen LogP contribution >= 0.6 is 0 Å². The van der Waals surface area contributed by atoms with Crippen LogP contribution in [-0.2, 0) is 5.41 Å². The average Bonchev–Trinajstić information content (AvgIpc) is 3.45. The van der Waals surface area contributed by atoms with E-state index in [1.54, 1.807) is 0 Å². The van der Waals surface area contributed by atoms with E-state index in [2.05, 4.69) is 196 Å². The summed E-state index contributed by atoms with van der Waals surface area (Å²) in [5.41, 5.74) is 13.0. The van der Waals surface area contributed by atoms with Crippen LogP contribution < -0.4 is 0 Å². The molecule has 0 nitrogen and oxygen atoms in total. The summed E-state index contributed by atoms with van der Waals surface area (Å²) in [6, 6.07) is 68.2. The minimum atomic E-state index is -0.0124. The van der Waals surface area contributed by atoms with E-state index in [0.29, 0.717) is 0 Å². The summed E-state index contributed by atoms with van der Waals surface area (Å²) in [6.07, 6.45) is 0. The second-order valence-electron chi connectivity index (χ2n) is 15.3. The highest BCUT2D eigenvalue weighted by Gasteiger charge is 2.35. The third-order valence-electron chi connectivity index (χ3n) is 12.0. The van der Waals surface area contributed by atoms with E-state index in [0.717, 1.165) is 0 Å². The van der Waals surface area contributed by atoms with Gasteiger partial charge in [0.1, 0.15) is 0 Å². The van der Waals surface area contributed by atoms with E-state index in [1.165, 1.54) is 109 Å². The lowest BCUT2D eigenvalue weighted by molar-refractivity contribution is 0.660. The molecule has 1 aliphatic rings. The molecule has 248 valence electrons. The molecule has 0 bridgehead atoms. The lowest BCUT2D eigenvalue weighted by Crippen LogP contribution is -2.14. The summed E-state index contributed by atoms with van der Waals surface area (Å²) >= 11 is 0. The van der Waals surface area contributed by atoms with Crippen LogP contribution in [0.4, 0.5) is 0 Å². The first kappa shape index (κ1) is 30.2. The van der Waals surface area contributed by atoms with E-state index in [9.17, 15) is 0 Å². The highest BCUT2D eigenvalue weighted by molar-refractivity contribution is 6.24. The zero-order chi connectivity index (χ0) is 35.3. The maximum Gasteiger partial charge on any atom is 0.0158 e. The van der Waals surface area contributed by atoms with Gasteiger partial charge in [-0.25, -0.2) is 0 Å². The van der Waals surface area contributed by atoms with E-state index in [-0.39, 0.29) is 5.41 Å². The molecule has 11 rings (SSSR count). The summed E-state index contributed by atoms with van der Waals surface area (Å²) in [5.74, 6) is 0. The summed E-state index contributed by atoms with van der Waals surface area (Å²) in [7, 11) is 0. The number of benzene rings is 10. The summed E-state index contributed by atoms with van der Waals surface area (Å²) in [4.78, 5) is 0. The minimum absolute atomic E-state index is 0.0124. The molecule has 10 aromatic carbocycles. The first-order valence-electron chi connectivity index (χ1n) is 18.7. The SMILES string of the molecule is CC1(C)c2ccccc2-c2cc(-c3ccc4c(c3)c(-c3ccc5ccccc5c3)cc3c5ccccc5c(-c5ccc6ccccc6c5)cc43)ccc21. The molecule has 53 heavy (non-hydrogen) atoms. The fraction of sp³-hybridized carbons (Fsp3) is 0.0566. The molecule has 0 saturated carbocycles. The zero-order valence-electron chi connectivity index (χ0n) is 29.8. The molecular weight excluding hydrogens is 637 g/mol. The molecule has 0 heterocycles. The van der Waals surface area contributed by atoms with Gasteiger partial charge in [-0.2, -0.15) is 0 Å². The Hall–Kier alpha value is -6.50. The van der Waals surface area contributed by atoms with E-state index in [4.69, 9.17) is 0 Å². The van der Waals surface area contributed by atoms with Gasteiger partial charge < -0.3 is 0 Å². The van der Waals surface area contributed by atoms with E-state index in [1.807, 2.05) is 0 Å². The van der Waals surface area contributed by atoms with Crippen LogP contribution in [0.15, 0.2) is 182 Å². The molecular formula is C53H36. The molecule has 0 unspecified atom stereocenters. The fourth-order valence-electron chi connectivity index (χ4n) is 9.27. The molecule has 1 aliphatic carbocycles. The third kappa shape index (κ3) is 4.55. The van der Waals surface area contributed by atoms with Crippen molar-refractivity contribution >= 4 is 53.9 Å². The first-order valence-corrected chi connectivity index (χ1v) is 18.7. The topological polar surface area (TPSA) is 0 Å². The predicted octanol–water partition coefficient (Wildman–Crippen LogP) is 14.8. The maximum atomic E-state index is 2.46. The van der Waals surface area contributed by atoms with Crippen LogP contribution in [0.5, 0.6) is 0 Å². The van der Waals surface area contributed by atoms with E-state index >= 15 is 0 Å². The largest absolute Gasteiger partial charge is 0.0619 e. The third-order valence-corrected chi connectivity index (χ3v) is 12.0. The number of hydrogen-bond donors (Lipinski definition) is 0. The molecule has 0 amide bonds. The zero-order valence-corrected chi connectivity index (χ0v) is 29.8. The highest BCUT2D eigenvalue weighted by atomic mass is 14.4. The lowest BCUT2D eigenvalue weighted by atomic mass is 9.82. The molecule has 0 spiro atoms. The molecule has 0 heteroatoms. The van der Waals surface area contributed by atoms with Gasteiger partial charge in [0.25, 0.3) is 0 Å². The molecule has 10 aromatic rings. The van der Waals surface area contributed by atoms with Crippen molar-refractivity contribution in [1.82, 2.24) is 0 Å². The van der Waals surface area contributed by atoms with Gasteiger partial charge in [-0.1, -0.05) is 159 Å².